The third-order valence-corrected chi connectivity index (χ3v) is 4.58. The predicted octanol–water partition coefficient (Wildman–Crippen LogP) is 2.49. The summed E-state index contributed by atoms with van der Waals surface area (Å²) >= 11 is 1.53. The molecule has 3 atom stereocenters. The molecule has 3 unspecified atom stereocenters. The molecule has 5 heteroatoms. The Kier molecular flexibility index (Phi) is 6.01. The van der Waals surface area contributed by atoms with E-state index in [9.17, 15) is 9.90 Å². The van der Waals surface area contributed by atoms with Gasteiger partial charge in [-0.2, -0.15) is 11.3 Å². The van der Waals surface area contributed by atoms with Crippen LogP contribution in [0.4, 0.5) is 0 Å². The Morgan fingerprint density at radius 2 is 2.35 bits per heavy atom. The molecule has 0 radical (unpaired) electrons. The van der Waals surface area contributed by atoms with E-state index in [0.29, 0.717) is 5.92 Å². The lowest BCUT2D eigenvalue weighted by molar-refractivity contribution is -0.130. The van der Waals surface area contributed by atoms with Crippen LogP contribution in [0.25, 0.3) is 0 Å². The highest BCUT2D eigenvalue weighted by Gasteiger charge is 2.22. The van der Waals surface area contributed by atoms with Gasteiger partial charge in [0, 0.05) is 6.54 Å². The van der Waals surface area contributed by atoms with Crippen LogP contribution >= 0.6 is 11.3 Å². The molecule has 1 aliphatic rings. The highest BCUT2D eigenvalue weighted by Crippen LogP contribution is 2.26. The van der Waals surface area contributed by atoms with Crippen molar-refractivity contribution in [2.45, 2.75) is 44.8 Å². The summed E-state index contributed by atoms with van der Waals surface area (Å²) in [7, 11) is 0. The molecular weight excluding hydrogens is 274 g/mol. The van der Waals surface area contributed by atoms with Crippen LogP contribution in [-0.4, -0.2) is 30.3 Å². The van der Waals surface area contributed by atoms with Gasteiger partial charge in [0.2, 0.25) is 5.91 Å². The van der Waals surface area contributed by atoms with Gasteiger partial charge in [-0.25, -0.2) is 0 Å². The molecule has 2 rings (SSSR count). The van der Waals surface area contributed by atoms with E-state index in [1.165, 1.54) is 30.6 Å². The van der Waals surface area contributed by atoms with Crippen molar-refractivity contribution in [2.75, 3.05) is 13.2 Å². The molecule has 0 spiro atoms. The molecule has 1 saturated carbocycles. The fourth-order valence-corrected chi connectivity index (χ4v) is 3.26. The van der Waals surface area contributed by atoms with Crippen LogP contribution in [0.3, 0.4) is 0 Å². The standard InChI is InChI=1S/C15H23NO3S/c1-11-4-2-3-5-14(11)19-9-15(18)16-8-13(17)12-6-7-20-10-12/h6-7,10-11,13-14,17H,2-5,8-9H2,1H3,(H,16,18). The SMILES string of the molecule is CC1CCCCC1OCC(=O)NCC(O)c1ccsc1. The molecule has 1 heterocycles. The lowest BCUT2D eigenvalue weighted by Crippen LogP contribution is -2.35. The molecule has 1 amide bonds. The summed E-state index contributed by atoms with van der Waals surface area (Å²) in [6, 6.07) is 1.86. The number of carbonyl (C=O) groups excluding carboxylic acids is 1. The third-order valence-electron chi connectivity index (χ3n) is 3.88. The Hall–Kier alpha value is -0.910. The Morgan fingerprint density at radius 3 is 3.05 bits per heavy atom. The first-order chi connectivity index (χ1) is 9.66. The monoisotopic (exact) mass is 297 g/mol. The van der Waals surface area contributed by atoms with Gasteiger partial charge in [-0.1, -0.05) is 19.8 Å². The minimum absolute atomic E-state index is 0.0887. The van der Waals surface area contributed by atoms with E-state index in [1.807, 2.05) is 16.8 Å². The van der Waals surface area contributed by atoms with E-state index in [4.69, 9.17) is 4.74 Å². The summed E-state index contributed by atoms with van der Waals surface area (Å²) in [5.41, 5.74) is 0.845. The number of hydrogen-bond donors (Lipinski definition) is 2. The van der Waals surface area contributed by atoms with Crippen LogP contribution in [0, 0.1) is 5.92 Å². The van der Waals surface area contributed by atoms with Crippen molar-refractivity contribution < 1.29 is 14.6 Å². The molecule has 1 aromatic heterocycles. The highest BCUT2D eigenvalue weighted by molar-refractivity contribution is 7.07. The molecule has 1 aliphatic carbocycles. The second kappa shape index (κ2) is 7.76. The average molecular weight is 297 g/mol. The van der Waals surface area contributed by atoms with Gasteiger partial charge in [-0.3, -0.25) is 4.79 Å². The van der Waals surface area contributed by atoms with Crippen molar-refractivity contribution in [3.05, 3.63) is 22.4 Å². The number of rotatable bonds is 6. The van der Waals surface area contributed by atoms with E-state index >= 15 is 0 Å². The van der Waals surface area contributed by atoms with E-state index < -0.39 is 6.10 Å². The second-order valence-corrected chi connectivity index (χ2v) is 6.27. The smallest absolute Gasteiger partial charge is 0.246 e. The molecule has 0 aliphatic heterocycles. The van der Waals surface area contributed by atoms with Crippen molar-refractivity contribution in [3.8, 4) is 0 Å². The number of nitrogens with one attached hydrogen (secondary N) is 1. The largest absolute Gasteiger partial charge is 0.387 e. The molecular formula is C15H23NO3S. The molecule has 112 valence electrons. The van der Waals surface area contributed by atoms with E-state index in [0.717, 1.165) is 12.0 Å². The zero-order valence-electron chi connectivity index (χ0n) is 11.9. The molecule has 0 saturated heterocycles. The van der Waals surface area contributed by atoms with E-state index in [-0.39, 0.29) is 25.2 Å². The minimum atomic E-state index is -0.640. The van der Waals surface area contributed by atoms with Crippen LogP contribution < -0.4 is 5.32 Å². The van der Waals surface area contributed by atoms with Gasteiger partial charge in [0.25, 0.3) is 0 Å². The maximum Gasteiger partial charge on any atom is 0.246 e. The molecule has 20 heavy (non-hydrogen) atoms. The summed E-state index contributed by atoms with van der Waals surface area (Å²) in [6.07, 6.45) is 4.25. The van der Waals surface area contributed by atoms with Crippen LogP contribution in [0.1, 0.15) is 44.3 Å². The Labute approximate surface area is 124 Å². The van der Waals surface area contributed by atoms with E-state index in [2.05, 4.69) is 12.2 Å². The topological polar surface area (TPSA) is 58.6 Å². The van der Waals surface area contributed by atoms with Gasteiger partial charge < -0.3 is 15.2 Å². The first-order valence-corrected chi connectivity index (χ1v) is 8.19. The summed E-state index contributed by atoms with van der Waals surface area (Å²) < 4.78 is 5.69. The van der Waals surface area contributed by atoms with Crippen LogP contribution in [0.2, 0.25) is 0 Å². The van der Waals surface area contributed by atoms with E-state index in [1.54, 1.807) is 0 Å². The Bertz CT molecular complexity index is 407. The van der Waals surface area contributed by atoms with Crippen molar-refractivity contribution in [1.29, 1.82) is 0 Å². The van der Waals surface area contributed by atoms with Crippen molar-refractivity contribution >= 4 is 17.2 Å². The molecule has 1 fully saturated rings. The zero-order chi connectivity index (χ0) is 14.4. The summed E-state index contributed by atoms with van der Waals surface area (Å²) in [4.78, 5) is 11.7. The summed E-state index contributed by atoms with van der Waals surface area (Å²) in [6.45, 7) is 2.51. The van der Waals surface area contributed by atoms with Gasteiger partial charge in [0.05, 0.1) is 12.2 Å². The summed E-state index contributed by atoms with van der Waals surface area (Å²) in [5.74, 6) is 0.380. The Balaban J connectivity index is 1.65. The van der Waals surface area contributed by atoms with Gasteiger partial charge in [0.15, 0.2) is 0 Å². The van der Waals surface area contributed by atoms with Crippen molar-refractivity contribution in [1.82, 2.24) is 5.32 Å². The minimum Gasteiger partial charge on any atom is -0.387 e. The first-order valence-electron chi connectivity index (χ1n) is 7.25. The lowest BCUT2D eigenvalue weighted by Gasteiger charge is -2.28. The number of carbonyl (C=O) groups is 1. The Morgan fingerprint density at radius 1 is 1.55 bits per heavy atom. The van der Waals surface area contributed by atoms with Crippen LogP contribution in [0.15, 0.2) is 16.8 Å². The highest BCUT2D eigenvalue weighted by atomic mass is 32.1. The fourth-order valence-electron chi connectivity index (χ4n) is 2.56. The maximum atomic E-state index is 11.7. The molecule has 4 nitrogen and oxygen atoms in total. The van der Waals surface area contributed by atoms with Gasteiger partial charge in [-0.05, 0) is 41.1 Å². The van der Waals surface area contributed by atoms with Crippen molar-refractivity contribution in [3.63, 3.8) is 0 Å². The number of amides is 1. The maximum absolute atomic E-state index is 11.7. The van der Waals surface area contributed by atoms with Crippen LogP contribution in [-0.2, 0) is 9.53 Å². The number of hydrogen-bond acceptors (Lipinski definition) is 4. The van der Waals surface area contributed by atoms with Gasteiger partial charge in [0.1, 0.15) is 6.61 Å². The second-order valence-electron chi connectivity index (χ2n) is 5.49. The van der Waals surface area contributed by atoms with Crippen LogP contribution in [0.5, 0.6) is 0 Å². The third kappa shape index (κ3) is 4.58. The predicted molar refractivity (Wildman–Crippen MR) is 79.7 cm³/mol. The molecule has 0 aromatic carbocycles. The molecule has 2 N–H and O–H groups in total. The summed E-state index contributed by atoms with van der Waals surface area (Å²) in [5, 5.41) is 16.4. The van der Waals surface area contributed by atoms with Gasteiger partial charge in [-0.15, -0.1) is 0 Å². The number of aliphatic hydroxyl groups is 1. The fraction of sp³-hybridized carbons (Fsp3) is 0.667. The van der Waals surface area contributed by atoms with Crippen molar-refractivity contribution in [2.24, 2.45) is 5.92 Å². The normalized spacial score (nSPS) is 24.3. The molecule has 1 aromatic rings. The molecule has 0 bridgehead atoms. The first kappa shape index (κ1) is 15.5. The number of aliphatic hydroxyl groups excluding tert-OH is 1. The quantitative estimate of drug-likeness (QED) is 0.848. The average Bonchev–Trinajstić information content (AvgIpc) is 2.98. The number of thiophene rings is 1. The van der Waals surface area contributed by atoms with Gasteiger partial charge >= 0.3 is 0 Å². The lowest BCUT2D eigenvalue weighted by atomic mass is 9.88. The zero-order valence-corrected chi connectivity index (χ0v) is 12.7. The number of ether oxygens (including phenoxy) is 1.